The number of halogens is 3. The van der Waals surface area contributed by atoms with Gasteiger partial charge >= 0.3 is 5.69 Å². The fourth-order valence-corrected chi connectivity index (χ4v) is 6.95. The van der Waals surface area contributed by atoms with Gasteiger partial charge in [-0.15, -0.1) is 0 Å². The fraction of sp³-hybridized carbons (Fsp3) is 0.361. The Labute approximate surface area is 299 Å². The highest BCUT2D eigenvalue weighted by Crippen LogP contribution is 2.40. The lowest BCUT2D eigenvalue weighted by atomic mass is 10.1. The summed E-state index contributed by atoms with van der Waals surface area (Å²) in [6.45, 7) is 7.64. The molecule has 11 nitrogen and oxygen atoms in total. The van der Waals surface area contributed by atoms with E-state index in [1.54, 1.807) is 36.8 Å². The number of hydrogen-bond acceptors (Lipinski definition) is 8. The van der Waals surface area contributed by atoms with Gasteiger partial charge in [-0.05, 0) is 61.9 Å². The zero-order valence-corrected chi connectivity index (χ0v) is 29.3. The van der Waals surface area contributed by atoms with Gasteiger partial charge in [-0.3, -0.25) is 0 Å². The molecule has 0 spiro atoms. The molecule has 0 amide bonds. The second-order valence-electron chi connectivity index (χ2n) is 12.6. The summed E-state index contributed by atoms with van der Waals surface area (Å²) in [5, 5.41) is 5.19. The maximum absolute atomic E-state index is 15.3. The summed E-state index contributed by atoms with van der Waals surface area (Å²) in [4.78, 5) is 21.2. The SMILES string of the molecule is CC[C@@H](C)n1ncn(-c2ccc(N3CCN(c4ccc(OC[C@@H]5CO[C@@](Cn6ccnc6)(c6ccc(Cl)cc6Cl)O5)cc4)CC3)c(F)c2)c1=O. The molecule has 4 heterocycles. The van der Waals surface area contributed by atoms with Gasteiger partial charge in [-0.25, -0.2) is 23.4 Å². The molecule has 5 aromatic rings. The Kier molecular flexibility index (Phi) is 9.87. The molecule has 262 valence electrons. The van der Waals surface area contributed by atoms with Crippen LogP contribution in [0.3, 0.4) is 0 Å². The number of benzene rings is 3. The van der Waals surface area contributed by atoms with E-state index in [1.807, 2.05) is 59.8 Å². The van der Waals surface area contributed by atoms with Crippen LogP contribution in [0.25, 0.3) is 5.69 Å². The van der Waals surface area contributed by atoms with Crippen LogP contribution in [-0.2, 0) is 21.8 Å². The van der Waals surface area contributed by atoms with E-state index in [2.05, 4.69) is 15.0 Å². The molecule has 0 aliphatic carbocycles. The Bertz CT molecular complexity index is 1980. The zero-order valence-electron chi connectivity index (χ0n) is 27.8. The Morgan fingerprint density at radius 2 is 1.76 bits per heavy atom. The van der Waals surface area contributed by atoms with Gasteiger partial charge in [0.1, 0.15) is 30.6 Å². The number of aromatic nitrogens is 5. The minimum atomic E-state index is -1.12. The number of rotatable bonds is 11. The summed E-state index contributed by atoms with van der Waals surface area (Å²) in [5.41, 5.74) is 2.44. The Balaban J connectivity index is 0.939. The monoisotopic (exact) mass is 721 g/mol. The summed E-state index contributed by atoms with van der Waals surface area (Å²) in [7, 11) is 0. The van der Waals surface area contributed by atoms with Crippen molar-refractivity contribution in [2.45, 2.75) is 44.7 Å². The molecule has 0 unspecified atom stereocenters. The van der Waals surface area contributed by atoms with Crippen molar-refractivity contribution < 1.29 is 18.6 Å². The van der Waals surface area contributed by atoms with Crippen molar-refractivity contribution in [1.82, 2.24) is 23.9 Å². The van der Waals surface area contributed by atoms with Crippen molar-refractivity contribution in [2.75, 3.05) is 49.2 Å². The lowest BCUT2D eigenvalue weighted by molar-refractivity contribution is -0.189. The van der Waals surface area contributed by atoms with Crippen molar-refractivity contribution in [3.63, 3.8) is 0 Å². The van der Waals surface area contributed by atoms with Gasteiger partial charge in [0, 0.05) is 60.9 Å². The first-order chi connectivity index (χ1) is 24.2. The maximum Gasteiger partial charge on any atom is 0.350 e. The van der Waals surface area contributed by atoms with Crippen molar-refractivity contribution in [2.24, 2.45) is 0 Å². The number of nitrogens with zero attached hydrogens (tertiary/aromatic N) is 7. The summed E-state index contributed by atoms with van der Waals surface area (Å²) in [5.74, 6) is -0.777. The van der Waals surface area contributed by atoms with E-state index in [0.717, 1.165) is 25.2 Å². The number of ether oxygens (including phenoxy) is 3. The maximum atomic E-state index is 15.3. The zero-order chi connectivity index (χ0) is 34.8. The smallest absolute Gasteiger partial charge is 0.350 e. The molecule has 50 heavy (non-hydrogen) atoms. The Hall–Kier alpha value is -4.36. The quantitative estimate of drug-likeness (QED) is 0.157. The van der Waals surface area contributed by atoms with Gasteiger partial charge in [0.05, 0.1) is 41.9 Å². The molecule has 3 atom stereocenters. The topological polar surface area (TPSA) is 91.8 Å². The van der Waals surface area contributed by atoms with Crippen LogP contribution >= 0.6 is 23.2 Å². The standard InChI is InChI=1S/C36H38Cl2FN7O4/c1-3-25(2)46-35(47)45(24-41-46)28-7-11-34(33(39)19-28)44-16-14-43(15-17-44)27-5-8-29(9-6-27)48-20-30-21-49-36(50-30,22-42-13-12-40-23-42)31-10-4-26(37)18-32(31)38/h4-13,18-19,23-25,30H,3,14-17,20-22H2,1-2H3/t25-,30-,36-/m1/s1. The molecule has 2 saturated heterocycles. The number of imidazole rings is 1. The van der Waals surface area contributed by atoms with Gasteiger partial charge in [0.2, 0.25) is 5.79 Å². The molecule has 2 fully saturated rings. The van der Waals surface area contributed by atoms with Crippen molar-refractivity contribution >= 4 is 34.6 Å². The molecular weight excluding hydrogens is 684 g/mol. The van der Waals surface area contributed by atoms with Crippen LogP contribution in [0.1, 0.15) is 31.9 Å². The molecule has 0 radical (unpaired) electrons. The van der Waals surface area contributed by atoms with Crippen molar-refractivity contribution in [1.29, 1.82) is 0 Å². The van der Waals surface area contributed by atoms with E-state index in [-0.39, 0.29) is 30.3 Å². The van der Waals surface area contributed by atoms with Gasteiger partial charge in [0.25, 0.3) is 0 Å². The first-order valence-electron chi connectivity index (χ1n) is 16.6. The van der Waals surface area contributed by atoms with Crippen LogP contribution < -0.4 is 20.2 Å². The molecule has 2 aliphatic heterocycles. The van der Waals surface area contributed by atoms with Crippen molar-refractivity contribution in [3.8, 4) is 11.4 Å². The molecule has 0 bridgehead atoms. The normalized spacial score (nSPS) is 20.0. The second-order valence-corrected chi connectivity index (χ2v) is 13.4. The minimum Gasteiger partial charge on any atom is -0.491 e. The van der Waals surface area contributed by atoms with Crippen LogP contribution in [0.2, 0.25) is 10.0 Å². The summed E-state index contributed by atoms with van der Waals surface area (Å²) >= 11 is 12.8. The predicted molar refractivity (Wildman–Crippen MR) is 190 cm³/mol. The Morgan fingerprint density at radius 3 is 2.46 bits per heavy atom. The molecule has 0 N–H and O–H groups in total. The minimum absolute atomic E-state index is 0.0311. The van der Waals surface area contributed by atoms with Gasteiger partial charge in [-0.1, -0.05) is 36.2 Å². The van der Waals surface area contributed by atoms with E-state index >= 15 is 4.39 Å². The van der Waals surface area contributed by atoms with Gasteiger partial charge in [-0.2, -0.15) is 5.10 Å². The van der Waals surface area contributed by atoms with Crippen LogP contribution in [-0.4, -0.2) is 69.4 Å². The lowest BCUT2D eigenvalue weighted by Gasteiger charge is -2.37. The van der Waals surface area contributed by atoms with E-state index < -0.39 is 5.79 Å². The third-order valence-electron chi connectivity index (χ3n) is 9.32. The molecule has 7 rings (SSSR count). The predicted octanol–water partition coefficient (Wildman–Crippen LogP) is 6.32. The summed E-state index contributed by atoms with van der Waals surface area (Å²) in [6, 6.07) is 18.1. The average molecular weight is 723 g/mol. The average Bonchev–Trinajstić information content (AvgIpc) is 3.88. The highest BCUT2D eigenvalue weighted by Gasteiger charge is 2.45. The van der Waals surface area contributed by atoms with E-state index in [4.69, 9.17) is 37.4 Å². The van der Waals surface area contributed by atoms with Gasteiger partial charge < -0.3 is 28.6 Å². The first kappa shape index (κ1) is 34.1. The Morgan fingerprint density at radius 1 is 1.00 bits per heavy atom. The largest absolute Gasteiger partial charge is 0.491 e. The fourth-order valence-electron chi connectivity index (χ4n) is 6.39. The van der Waals surface area contributed by atoms with Crippen LogP contribution in [0, 0.1) is 5.82 Å². The van der Waals surface area contributed by atoms with E-state index in [9.17, 15) is 4.79 Å². The molecule has 0 saturated carbocycles. The molecule has 3 aromatic carbocycles. The highest BCUT2D eigenvalue weighted by atomic mass is 35.5. The molecule has 2 aliphatic rings. The van der Waals surface area contributed by atoms with Crippen LogP contribution in [0.5, 0.6) is 5.75 Å². The number of hydrogen-bond donors (Lipinski definition) is 0. The summed E-state index contributed by atoms with van der Waals surface area (Å²) in [6.07, 6.45) is 7.13. The molecule has 2 aromatic heterocycles. The number of anilines is 2. The van der Waals surface area contributed by atoms with E-state index in [0.29, 0.717) is 59.0 Å². The lowest BCUT2D eigenvalue weighted by Crippen LogP contribution is -2.46. The first-order valence-corrected chi connectivity index (χ1v) is 17.4. The van der Waals surface area contributed by atoms with Gasteiger partial charge in [0.15, 0.2) is 0 Å². The molecular formula is C36H38Cl2FN7O4. The molecule has 14 heteroatoms. The van der Waals surface area contributed by atoms with Crippen LogP contribution in [0.4, 0.5) is 15.8 Å². The third kappa shape index (κ3) is 6.98. The number of piperazine rings is 1. The summed E-state index contributed by atoms with van der Waals surface area (Å²) < 4.78 is 38.9. The van der Waals surface area contributed by atoms with E-state index in [1.165, 1.54) is 21.6 Å². The van der Waals surface area contributed by atoms with Crippen LogP contribution in [0.15, 0.2) is 90.5 Å². The third-order valence-corrected chi connectivity index (χ3v) is 9.87. The second kappa shape index (κ2) is 14.5. The van der Waals surface area contributed by atoms with Crippen molar-refractivity contribution in [3.05, 3.63) is 118 Å². The highest BCUT2D eigenvalue weighted by molar-refractivity contribution is 6.35.